The monoisotopic (exact) mass is 282 g/mol. The Kier molecular flexibility index (Phi) is 3.83. The molecule has 2 aromatic rings. The molecule has 0 N–H and O–H groups in total. The minimum atomic E-state index is -0.161. The van der Waals surface area contributed by atoms with Crippen LogP contribution in [-0.4, -0.2) is 5.78 Å². The van der Waals surface area contributed by atoms with Crippen LogP contribution in [-0.2, 0) is 0 Å². The van der Waals surface area contributed by atoms with Gasteiger partial charge in [0.05, 0.1) is 15.6 Å². The summed E-state index contributed by atoms with van der Waals surface area (Å²) in [6.07, 6.45) is 0. The van der Waals surface area contributed by atoms with Crippen molar-refractivity contribution in [3.05, 3.63) is 63.6 Å². The van der Waals surface area contributed by atoms with E-state index in [2.05, 4.69) is 9.24 Å². The van der Waals surface area contributed by atoms with Crippen molar-refractivity contribution in [1.29, 1.82) is 0 Å². The van der Waals surface area contributed by atoms with E-state index < -0.39 is 0 Å². The minimum Gasteiger partial charge on any atom is -0.288 e. The number of rotatable bonds is 2. The van der Waals surface area contributed by atoms with Gasteiger partial charge in [0, 0.05) is 5.56 Å². The number of ketones is 1. The fraction of sp³-hybridized carbons (Fsp3) is 0. The van der Waals surface area contributed by atoms with E-state index in [1.807, 2.05) is 18.2 Å². The molecule has 0 aromatic heterocycles. The molecule has 0 radical (unpaired) electrons. The van der Waals surface area contributed by atoms with Crippen LogP contribution in [0.5, 0.6) is 0 Å². The van der Waals surface area contributed by atoms with Crippen molar-refractivity contribution in [2.24, 2.45) is 0 Å². The van der Waals surface area contributed by atoms with Crippen LogP contribution in [0, 0.1) is 0 Å². The first-order valence-electron chi connectivity index (χ1n) is 4.94. The first kappa shape index (κ1) is 12.6. The molecule has 0 aliphatic carbocycles. The lowest BCUT2D eigenvalue weighted by Gasteiger charge is -2.07. The molecular weight excluding hydrogens is 274 g/mol. The first-order valence-corrected chi connectivity index (χ1v) is 6.28. The Morgan fingerprint density at radius 1 is 0.941 bits per heavy atom. The van der Waals surface area contributed by atoms with Crippen molar-refractivity contribution in [2.45, 2.75) is 0 Å². The fourth-order valence-corrected chi connectivity index (χ4v) is 2.46. The van der Waals surface area contributed by atoms with Crippen LogP contribution >= 0.6 is 32.4 Å². The zero-order valence-electron chi connectivity index (χ0n) is 8.78. The third kappa shape index (κ3) is 2.52. The Bertz CT molecular complexity index is 561. The van der Waals surface area contributed by atoms with Gasteiger partial charge in [0.25, 0.3) is 0 Å². The van der Waals surface area contributed by atoms with Crippen molar-refractivity contribution >= 4 is 43.5 Å². The highest BCUT2D eigenvalue weighted by molar-refractivity contribution is 7.27. The summed E-state index contributed by atoms with van der Waals surface area (Å²) in [5, 5.41) is 1.57. The van der Waals surface area contributed by atoms with Gasteiger partial charge < -0.3 is 0 Å². The molecule has 0 aliphatic heterocycles. The fourth-order valence-electron chi connectivity index (χ4n) is 1.55. The first-order chi connectivity index (χ1) is 8.11. The molecule has 17 heavy (non-hydrogen) atoms. The average molecular weight is 283 g/mol. The van der Waals surface area contributed by atoms with Gasteiger partial charge in [-0.1, -0.05) is 53.5 Å². The summed E-state index contributed by atoms with van der Waals surface area (Å²) in [5.41, 5.74) is 0.943. The second-order valence-electron chi connectivity index (χ2n) is 3.51. The van der Waals surface area contributed by atoms with E-state index in [1.54, 1.807) is 24.3 Å². The topological polar surface area (TPSA) is 17.1 Å². The quantitative estimate of drug-likeness (QED) is 0.606. The van der Waals surface area contributed by atoms with Crippen LogP contribution in [0.25, 0.3) is 0 Å². The molecule has 0 bridgehead atoms. The van der Waals surface area contributed by atoms with Gasteiger partial charge in [0.15, 0.2) is 5.78 Å². The van der Waals surface area contributed by atoms with E-state index in [4.69, 9.17) is 23.2 Å². The molecule has 4 heteroatoms. The predicted molar refractivity (Wildman–Crippen MR) is 75.7 cm³/mol. The van der Waals surface area contributed by atoms with Gasteiger partial charge in [-0.25, -0.2) is 0 Å². The summed E-state index contributed by atoms with van der Waals surface area (Å²) in [4.78, 5) is 12.3. The number of hydrogen-bond donors (Lipinski definition) is 0. The smallest absolute Gasteiger partial charge is 0.196 e. The Morgan fingerprint density at radius 2 is 1.53 bits per heavy atom. The third-order valence-corrected chi connectivity index (χ3v) is 3.53. The molecule has 86 valence electrons. The number of hydrogen-bond acceptors (Lipinski definition) is 1. The lowest BCUT2D eigenvalue weighted by molar-refractivity contribution is 0.104. The number of carbonyl (C=O) groups is 1. The van der Waals surface area contributed by atoms with Gasteiger partial charge in [0.2, 0.25) is 0 Å². The van der Waals surface area contributed by atoms with Crippen LogP contribution in [0.15, 0.2) is 42.5 Å². The SMILES string of the molecule is O=C(c1ccccc1P)c1c(Cl)cccc1Cl. The molecule has 2 aromatic carbocycles. The molecule has 2 rings (SSSR count). The summed E-state index contributed by atoms with van der Waals surface area (Å²) in [6.45, 7) is 0. The van der Waals surface area contributed by atoms with Crippen LogP contribution in [0.1, 0.15) is 15.9 Å². The largest absolute Gasteiger partial charge is 0.288 e. The number of halogens is 2. The highest BCUT2D eigenvalue weighted by Gasteiger charge is 2.17. The van der Waals surface area contributed by atoms with Gasteiger partial charge in [-0.2, -0.15) is 0 Å². The Labute approximate surface area is 112 Å². The van der Waals surface area contributed by atoms with Crippen molar-refractivity contribution < 1.29 is 4.79 Å². The van der Waals surface area contributed by atoms with E-state index in [1.165, 1.54) is 0 Å². The number of benzene rings is 2. The summed E-state index contributed by atoms with van der Waals surface area (Å²) in [5.74, 6) is -0.161. The van der Waals surface area contributed by atoms with Crippen LogP contribution < -0.4 is 5.30 Å². The van der Waals surface area contributed by atoms with Gasteiger partial charge in [-0.05, 0) is 17.4 Å². The molecule has 0 saturated carbocycles. The molecule has 0 fully saturated rings. The molecule has 1 unspecified atom stereocenters. The standard InChI is InChI=1S/C13H9Cl2OP/c14-9-5-3-6-10(15)12(9)13(16)8-4-1-2-7-11(8)17/h1-7H,17H2. The molecule has 0 amide bonds. The Morgan fingerprint density at radius 3 is 2.12 bits per heavy atom. The van der Waals surface area contributed by atoms with Crippen molar-refractivity contribution in [1.82, 2.24) is 0 Å². The van der Waals surface area contributed by atoms with E-state index in [9.17, 15) is 4.79 Å². The zero-order valence-corrected chi connectivity index (χ0v) is 11.4. The molecule has 1 atom stereocenters. The predicted octanol–water partition coefficient (Wildman–Crippen LogP) is 3.72. The van der Waals surface area contributed by atoms with Crippen molar-refractivity contribution in [2.75, 3.05) is 0 Å². The van der Waals surface area contributed by atoms with E-state index >= 15 is 0 Å². The lowest BCUT2D eigenvalue weighted by Crippen LogP contribution is -2.11. The van der Waals surface area contributed by atoms with E-state index in [-0.39, 0.29) is 5.78 Å². The lowest BCUT2D eigenvalue weighted by atomic mass is 10.0. The molecule has 0 saturated heterocycles. The normalized spacial score (nSPS) is 10.3. The maximum Gasteiger partial charge on any atom is 0.196 e. The molecule has 0 heterocycles. The van der Waals surface area contributed by atoms with Crippen LogP contribution in [0.4, 0.5) is 0 Å². The molecule has 0 aliphatic rings. The molecule has 1 nitrogen and oxygen atoms in total. The maximum absolute atomic E-state index is 12.3. The van der Waals surface area contributed by atoms with Gasteiger partial charge in [-0.3, -0.25) is 4.79 Å². The maximum atomic E-state index is 12.3. The summed E-state index contributed by atoms with van der Waals surface area (Å²) < 4.78 is 0. The highest BCUT2D eigenvalue weighted by Crippen LogP contribution is 2.26. The molecular formula is C13H9Cl2OP. The second-order valence-corrected chi connectivity index (χ2v) is 4.95. The second kappa shape index (κ2) is 5.18. The van der Waals surface area contributed by atoms with Crippen LogP contribution in [0.3, 0.4) is 0 Å². The average Bonchev–Trinajstić information content (AvgIpc) is 2.29. The van der Waals surface area contributed by atoms with Gasteiger partial charge in [0.1, 0.15) is 0 Å². The Balaban J connectivity index is 2.56. The van der Waals surface area contributed by atoms with Crippen molar-refractivity contribution in [3.63, 3.8) is 0 Å². The third-order valence-electron chi connectivity index (χ3n) is 2.40. The van der Waals surface area contributed by atoms with Gasteiger partial charge in [-0.15, -0.1) is 9.24 Å². The summed E-state index contributed by atoms with van der Waals surface area (Å²) in [7, 11) is 2.53. The Hall–Kier alpha value is -0.880. The summed E-state index contributed by atoms with van der Waals surface area (Å²) >= 11 is 12.0. The van der Waals surface area contributed by atoms with Crippen molar-refractivity contribution in [3.8, 4) is 0 Å². The minimum absolute atomic E-state index is 0.161. The molecule has 0 spiro atoms. The summed E-state index contributed by atoms with van der Waals surface area (Å²) in [6, 6.07) is 12.3. The van der Waals surface area contributed by atoms with Crippen LogP contribution in [0.2, 0.25) is 10.0 Å². The number of carbonyl (C=O) groups excluding carboxylic acids is 1. The van der Waals surface area contributed by atoms with E-state index in [0.717, 1.165) is 5.30 Å². The zero-order chi connectivity index (χ0) is 12.4. The van der Waals surface area contributed by atoms with Gasteiger partial charge >= 0.3 is 0 Å². The highest BCUT2D eigenvalue weighted by atomic mass is 35.5. The van der Waals surface area contributed by atoms with E-state index in [0.29, 0.717) is 21.2 Å².